The fraction of sp³-hybridized carbons (Fsp3) is 0.600. The van der Waals surface area contributed by atoms with Gasteiger partial charge in [0.05, 0.1) is 6.61 Å². The van der Waals surface area contributed by atoms with E-state index in [-0.39, 0.29) is 0 Å². The second-order valence-electron chi connectivity index (χ2n) is 4.96. The zero-order valence-electron chi connectivity index (χ0n) is 11.0. The number of benzene rings is 1. The van der Waals surface area contributed by atoms with Crippen LogP contribution in [-0.2, 0) is 4.74 Å². The van der Waals surface area contributed by atoms with Gasteiger partial charge < -0.3 is 10.1 Å². The second kappa shape index (κ2) is 7.27. The monoisotopic (exact) mass is 311 g/mol. The van der Waals surface area contributed by atoms with E-state index in [9.17, 15) is 0 Å². The fourth-order valence-electron chi connectivity index (χ4n) is 2.56. The molecule has 2 nitrogen and oxygen atoms in total. The van der Waals surface area contributed by atoms with E-state index < -0.39 is 0 Å². The second-order valence-corrected chi connectivity index (χ2v) is 5.88. The molecule has 2 rings (SSSR count). The van der Waals surface area contributed by atoms with Crippen molar-refractivity contribution < 1.29 is 4.74 Å². The van der Waals surface area contributed by atoms with Gasteiger partial charge in [-0.3, -0.25) is 0 Å². The number of rotatable bonds is 5. The smallest absolute Gasteiger partial charge is 0.0512 e. The van der Waals surface area contributed by atoms with Crippen molar-refractivity contribution in [3.05, 3.63) is 34.3 Å². The molecule has 0 saturated carbocycles. The molecule has 1 aromatic carbocycles. The lowest BCUT2D eigenvalue weighted by Gasteiger charge is -2.31. The van der Waals surface area contributed by atoms with Crippen molar-refractivity contribution in [2.24, 2.45) is 5.92 Å². The molecule has 0 spiro atoms. The Morgan fingerprint density at radius 1 is 1.39 bits per heavy atom. The highest BCUT2D eigenvalue weighted by Crippen LogP contribution is 2.29. The van der Waals surface area contributed by atoms with Crippen molar-refractivity contribution in [3.63, 3.8) is 0 Å². The van der Waals surface area contributed by atoms with Crippen LogP contribution in [0.3, 0.4) is 0 Å². The third kappa shape index (κ3) is 3.81. The summed E-state index contributed by atoms with van der Waals surface area (Å²) in [5, 5.41) is 3.68. The molecular formula is C15H22BrNO. The molecule has 3 heteroatoms. The molecule has 1 fully saturated rings. The molecule has 2 atom stereocenters. The van der Waals surface area contributed by atoms with Gasteiger partial charge in [0.1, 0.15) is 0 Å². The van der Waals surface area contributed by atoms with Crippen LogP contribution in [-0.4, -0.2) is 19.8 Å². The highest BCUT2D eigenvalue weighted by atomic mass is 79.9. The number of halogens is 1. The number of nitrogens with one attached hydrogen (secondary N) is 1. The third-order valence-electron chi connectivity index (χ3n) is 3.51. The third-order valence-corrected chi connectivity index (χ3v) is 4.04. The maximum absolute atomic E-state index is 5.64. The first-order chi connectivity index (χ1) is 8.81. The summed E-state index contributed by atoms with van der Waals surface area (Å²) in [5.74, 6) is 0.603. The molecule has 1 heterocycles. The maximum Gasteiger partial charge on any atom is 0.0512 e. The van der Waals surface area contributed by atoms with Crippen LogP contribution in [0.15, 0.2) is 28.7 Å². The van der Waals surface area contributed by atoms with E-state index in [1.807, 2.05) is 0 Å². The van der Waals surface area contributed by atoms with Gasteiger partial charge in [0.2, 0.25) is 0 Å². The Balaban J connectivity index is 2.10. The van der Waals surface area contributed by atoms with Crippen molar-refractivity contribution in [2.45, 2.75) is 32.2 Å². The average Bonchev–Trinajstić information content (AvgIpc) is 2.42. The maximum atomic E-state index is 5.64. The first kappa shape index (κ1) is 14.0. The van der Waals surface area contributed by atoms with E-state index >= 15 is 0 Å². The van der Waals surface area contributed by atoms with Gasteiger partial charge in [0, 0.05) is 23.0 Å². The van der Waals surface area contributed by atoms with E-state index in [0.29, 0.717) is 12.0 Å². The first-order valence-corrected chi connectivity index (χ1v) is 7.67. The van der Waals surface area contributed by atoms with E-state index in [1.54, 1.807) is 0 Å². The summed E-state index contributed by atoms with van der Waals surface area (Å²) in [4.78, 5) is 0. The molecule has 0 bridgehead atoms. The summed E-state index contributed by atoms with van der Waals surface area (Å²) in [5.41, 5.74) is 1.38. The molecule has 0 radical (unpaired) electrons. The van der Waals surface area contributed by atoms with Crippen molar-refractivity contribution in [1.82, 2.24) is 5.32 Å². The quantitative estimate of drug-likeness (QED) is 0.890. The van der Waals surface area contributed by atoms with Gasteiger partial charge in [0.15, 0.2) is 0 Å². The summed E-state index contributed by atoms with van der Waals surface area (Å²) in [7, 11) is 0. The average molecular weight is 312 g/mol. The molecule has 0 aliphatic carbocycles. The fourth-order valence-corrected chi connectivity index (χ4v) is 2.82. The van der Waals surface area contributed by atoms with Crippen LogP contribution in [0.5, 0.6) is 0 Å². The normalized spacial score (nSPS) is 21.8. The van der Waals surface area contributed by atoms with Crippen LogP contribution in [0.4, 0.5) is 0 Å². The molecule has 1 saturated heterocycles. The van der Waals surface area contributed by atoms with E-state index in [1.165, 1.54) is 24.8 Å². The standard InChI is InChI=1S/C15H22BrNO/c1-2-9-17-15(13-4-3-10-18-11-13)12-5-7-14(16)8-6-12/h5-8,13,15,17H,2-4,9-11H2,1H3. The van der Waals surface area contributed by atoms with Gasteiger partial charge in [-0.2, -0.15) is 0 Å². The summed E-state index contributed by atoms with van der Waals surface area (Å²) >= 11 is 3.50. The summed E-state index contributed by atoms with van der Waals surface area (Å²) < 4.78 is 6.78. The lowest BCUT2D eigenvalue weighted by atomic mass is 9.88. The molecule has 1 N–H and O–H groups in total. The molecule has 2 unspecified atom stereocenters. The van der Waals surface area contributed by atoms with Crippen molar-refractivity contribution >= 4 is 15.9 Å². The lowest BCUT2D eigenvalue weighted by molar-refractivity contribution is 0.0390. The predicted octanol–water partition coefficient (Wildman–Crippen LogP) is 3.92. The van der Waals surface area contributed by atoms with Crippen LogP contribution in [0.2, 0.25) is 0 Å². The lowest BCUT2D eigenvalue weighted by Crippen LogP contribution is -2.33. The molecule has 0 amide bonds. The van der Waals surface area contributed by atoms with Crippen molar-refractivity contribution in [3.8, 4) is 0 Å². The Kier molecular flexibility index (Phi) is 5.67. The highest BCUT2D eigenvalue weighted by molar-refractivity contribution is 9.10. The predicted molar refractivity (Wildman–Crippen MR) is 78.7 cm³/mol. The number of hydrogen-bond acceptors (Lipinski definition) is 2. The topological polar surface area (TPSA) is 21.3 Å². The highest BCUT2D eigenvalue weighted by Gasteiger charge is 2.24. The molecule has 18 heavy (non-hydrogen) atoms. The minimum absolute atomic E-state index is 0.429. The summed E-state index contributed by atoms with van der Waals surface area (Å²) in [6, 6.07) is 9.11. The van der Waals surface area contributed by atoms with Crippen LogP contribution in [0.25, 0.3) is 0 Å². The molecule has 100 valence electrons. The molecule has 1 aliphatic rings. The Hall–Kier alpha value is -0.380. The van der Waals surface area contributed by atoms with E-state index in [2.05, 4.69) is 52.4 Å². The van der Waals surface area contributed by atoms with Gasteiger partial charge >= 0.3 is 0 Å². The van der Waals surface area contributed by atoms with Crippen LogP contribution in [0.1, 0.15) is 37.8 Å². The Bertz CT molecular complexity index is 346. The minimum Gasteiger partial charge on any atom is -0.381 e. The van der Waals surface area contributed by atoms with E-state index in [4.69, 9.17) is 4.74 Å². The number of ether oxygens (including phenoxy) is 1. The molecule has 1 aliphatic heterocycles. The molecular weight excluding hydrogens is 290 g/mol. The zero-order valence-corrected chi connectivity index (χ0v) is 12.6. The van der Waals surface area contributed by atoms with Crippen LogP contribution >= 0.6 is 15.9 Å². The SMILES string of the molecule is CCCNC(c1ccc(Br)cc1)C1CCCOC1. The number of hydrogen-bond donors (Lipinski definition) is 1. The minimum atomic E-state index is 0.429. The van der Waals surface area contributed by atoms with Gasteiger partial charge in [-0.25, -0.2) is 0 Å². The molecule has 1 aromatic rings. The van der Waals surface area contributed by atoms with Crippen LogP contribution in [0, 0.1) is 5.92 Å². The van der Waals surface area contributed by atoms with Gasteiger partial charge in [0.25, 0.3) is 0 Å². The molecule has 0 aromatic heterocycles. The summed E-state index contributed by atoms with van der Waals surface area (Å²) in [6.45, 7) is 5.09. The van der Waals surface area contributed by atoms with Gasteiger partial charge in [-0.05, 0) is 43.5 Å². The zero-order chi connectivity index (χ0) is 12.8. The van der Waals surface area contributed by atoms with Crippen LogP contribution < -0.4 is 5.32 Å². The largest absolute Gasteiger partial charge is 0.381 e. The Morgan fingerprint density at radius 3 is 2.78 bits per heavy atom. The summed E-state index contributed by atoms with van der Waals surface area (Å²) in [6.07, 6.45) is 3.61. The van der Waals surface area contributed by atoms with Gasteiger partial charge in [-0.15, -0.1) is 0 Å². The Morgan fingerprint density at radius 2 is 2.17 bits per heavy atom. The van der Waals surface area contributed by atoms with Gasteiger partial charge in [-0.1, -0.05) is 35.0 Å². The van der Waals surface area contributed by atoms with Crippen molar-refractivity contribution in [1.29, 1.82) is 0 Å². The first-order valence-electron chi connectivity index (χ1n) is 6.88. The van der Waals surface area contributed by atoms with E-state index in [0.717, 1.165) is 24.2 Å². The Labute approximate surface area is 118 Å². The van der Waals surface area contributed by atoms with Crippen molar-refractivity contribution in [2.75, 3.05) is 19.8 Å².